The van der Waals surface area contributed by atoms with Crippen LogP contribution < -0.4 is 0 Å². The van der Waals surface area contributed by atoms with Crippen molar-refractivity contribution in [3.8, 4) is 0 Å². The zero-order valence-corrected chi connectivity index (χ0v) is 15.7. The van der Waals surface area contributed by atoms with Gasteiger partial charge in [0, 0.05) is 18.1 Å². The number of carbonyl (C=O) groups excluding carboxylic acids is 1. The molecule has 0 saturated heterocycles. The largest absolute Gasteiger partial charge is 0.480 e. The lowest BCUT2D eigenvalue weighted by atomic mass is 9.88. The average molecular weight is 351 g/mol. The molecule has 3 saturated carbocycles. The molecular weight excluding hydrogens is 316 g/mol. The number of hydrogen-bond acceptors (Lipinski definition) is 3. The van der Waals surface area contributed by atoms with Crippen LogP contribution in [0.4, 0.5) is 0 Å². The maximum absolute atomic E-state index is 13.3. The van der Waals surface area contributed by atoms with E-state index < -0.39 is 12.0 Å². The maximum atomic E-state index is 13.3. The molecule has 1 unspecified atom stereocenters. The van der Waals surface area contributed by atoms with E-state index in [0.717, 1.165) is 38.5 Å². The maximum Gasteiger partial charge on any atom is 0.320 e. The van der Waals surface area contributed by atoms with E-state index in [1.807, 2.05) is 4.90 Å². The van der Waals surface area contributed by atoms with Crippen molar-refractivity contribution in [3.63, 3.8) is 0 Å². The van der Waals surface area contributed by atoms with Gasteiger partial charge in [0.25, 0.3) is 0 Å². The number of carboxylic acid groups (broad SMARTS) is 1. The molecule has 1 N–H and O–H groups in total. The summed E-state index contributed by atoms with van der Waals surface area (Å²) in [6.07, 6.45) is 14.0. The monoisotopic (exact) mass is 350 g/mol. The number of aliphatic carboxylic acids is 1. The van der Waals surface area contributed by atoms with Crippen LogP contribution in [-0.2, 0) is 9.59 Å². The van der Waals surface area contributed by atoms with Gasteiger partial charge < -0.3 is 10.0 Å². The van der Waals surface area contributed by atoms with Crippen molar-refractivity contribution >= 4 is 11.9 Å². The van der Waals surface area contributed by atoms with E-state index >= 15 is 0 Å². The number of carboxylic acids is 1. The zero-order valence-electron chi connectivity index (χ0n) is 15.7. The van der Waals surface area contributed by atoms with Crippen molar-refractivity contribution in [2.75, 3.05) is 6.54 Å². The average Bonchev–Trinajstić information content (AvgIpc) is 3.46. The van der Waals surface area contributed by atoms with E-state index in [1.54, 1.807) is 6.92 Å². The van der Waals surface area contributed by atoms with Crippen molar-refractivity contribution in [2.45, 2.75) is 108 Å². The van der Waals surface area contributed by atoms with Gasteiger partial charge in [0.1, 0.15) is 6.04 Å². The third-order valence-corrected chi connectivity index (χ3v) is 6.41. The molecule has 1 amide bonds. The third kappa shape index (κ3) is 4.75. The van der Waals surface area contributed by atoms with E-state index in [9.17, 15) is 14.7 Å². The molecule has 0 spiro atoms. The van der Waals surface area contributed by atoms with Crippen LogP contribution in [0.25, 0.3) is 0 Å². The molecule has 3 aliphatic carbocycles. The molecule has 3 rings (SSSR count). The summed E-state index contributed by atoms with van der Waals surface area (Å²) >= 11 is 0. The summed E-state index contributed by atoms with van der Waals surface area (Å²) in [4.78, 5) is 28.9. The quantitative estimate of drug-likeness (QED) is 0.764. The van der Waals surface area contributed by atoms with Crippen LogP contribution in [0.5, 0.6) is 0 Å². The first-order valence-corrected chi connectivity index (χ1v) is 10.4. The van der Waals surface area contributed by atoms with Gasteiger partial charge in [-0.3, -0.25) is 14.5 Å². The predicted octanol–water partition coefficient (Wildman–Crippen LogP) is 3.42. The number of carbonyl (C=O) groups is 2. The highest BCUT2D eigenvalue weighted by Crippen LogP contribution is 2.32. The normalized spacial score (nSPS) is 24.2. The Hall–Kier alpha value is -1.10. The highest BCUT2D eigenvalue weighted by molar-refractivity contribution is 5.80. The van der Waals surface area contributed by atoms with Gasteiger partial charge in [-0.25, -0.2) is 0 Å². The molecule has 0 aliphatic heterocycles. The fraction of sp³-hybridized carbons (Fsp3) is 0.900. The Kier molecular flexibility index (Phi) is 6.37. The second-order valence-electron chi connectivity index (χ2n) is 8.30. The molecule has 142 valence electrons. The molecule has 0 radical (unpaired) electrons. The Morgan fingerprint density at radius 3 is 1.72 bits per heavy atom. The molecule has 0 heterocycles. The third-order valence-electron chi connectivity index (χ3n) is 6.41. The second-order valence-corrected chi connectivity index (χ2v) is 8.30. The molecule has 0 aromatic heterocycles. The molecule has 0 aromatic carbocycles. The molecule has 5 nitrogen and oxygen atoms in total. The fourth-order valence-electron chi connectivity index (χ4n) is 4.79. The first kappa shape index (κ1) is 18.7. The van der Waals surface area contributed by atoms with Crippen LogP contribution >= 0.6 is 0 Å². The van der Waals surface area contributed by atoms with Crippen molar-refractivity contribution in [3.05, 3.63) is 0 Å². The number of hydrogen-bond donors (Lipinski definition) is 1. The molecule has 1 atom stereocenters. The topological polar surface area (TPSA) is 60.9 Å². The highest BCUT2D eigenvalue weighted by atomic mass is 16.4. The molecule has 3 fully saturated rings. The van der Waals surface area contributed by atoms with Gasteiger partial charge in [-0.2, -0.15) is 0 Å². The van der Waals surface area contributed by atoms with Crippen LogP contribution in [0, 0.1) is 0 Å². The summed E-state index contributed by atoms with van der Waals surface area (Å²) < 4.78 is 0. The summed E-state index contributed by atoms with van der Waals surface area (Å²) in [6, 6.07) is 0.474. The number of amides is 1. The van der Waals surface area contributed by atoms with Gasteiger partial charge in [-0.15, -0.1) is 0 Å². The van der Waals surface area contributed by atoms with Crippen LogP contribution in [-0.4, -0.2) is 57.5 Å². The number of rotatable bonds is 7. The van der Waals surface area contributed by atoms with Gasteiger partial charge in [0.15, 0.2) is 0 Å². The van der Waals surface area contributed by atoms with Crippen molar-refractivity contribution in [1.82, 2.24) is 9.80 Å². The Morgan fingerprint density at radius 2 is 1.32 bits per heavy atom. The first-order valence-electron chi connectivity index (χ1n) is 10.4. The number of nitrogens with zero attached hydrogens (tertiary/aromatic N) is 2. The van der Waals surface area contributed by atoms with Crippen LogP contribution in [0.2, 0.25) is 0 Å². The Labute approximate surface area is 151 Å². The van der Waals surface area contributed by atoms with E-state index in [2.05, 4.69) is 4.90 Å². The van der Waals surface area contributed by atoms with Gasteiger partial charge >= 0.3 is 5.97 Å². The Morgan fingerprint density at radius 1 is 0.840 bits per heavy atom. The lowest BCUT2D eigenvalue weighted by Crippen LogP contribution is -2.54. The van der Waals surface area contributed by atoms with Gasteiger partial charge in [0.05, 0.1) is 6.54 Å². The smallest absolute Gasteiger partial charge is 0.320 e. The van der Waals surface area contributed by atoms with Crippen LogP contribution in [0.3, 0.4) is 0 Å². The lowest BCUT2D eigenvalue weighted by molar-refractivity contribution is -0.146. The van der Waals surface area contributed by atoms with Gasteiger partial charge in [-0.05, 0) is 45.4 Å². The summed E-state index contributed by atoms with van der Waals surface area (Å²) in [5.74, 6) is -0.639. The van der Waals surface area contributed by atoms with Crippen molar-refractivity contribution < 1.29 is 14.7 Å². The molecule has 5 heteroatoms. The minimum atomic E-state index is -0.818. The Bertz CT molecular complexity index is 448. The van der Waals surface area contributed by atoms with Crippen molar-refractivity contribution in [1.29, 1.82) is 0 Å². The SMILES string of the molecule is CC(C(=O)O)N(CC(=O)N(C1CCCCC1)C1CCCCC1)C1CC1. The van der Waals surface area contributed by atoms with E-state index in [-0.39, 0.29) is 18.5 Å². The summed E-state index contributed by atoms with van der Waals surface area (Å²) in [6.45, 7) is 2.00. The van der Waals surface area contributed by atoms with Crippen molar-refractivity contribution in [2.24, 2.45) is 0 Å². The standard InChI is InChI=1S/C20H34N2O3/c1-15(20(24)25)21(16-12-13-16)14-19(23)22(17-8-4-2-5-9-17)18-10-6-3-7-11-18/h15-18H,2-14H2,1H3,(H,24,25). The fourth-order valence-corrected chi connectivity index (χ4v) is 4.79. The highest BCUT2D eigenvalue weighted by Gasteiger charge is 2.39. The zero-order chi connectivity index (χ0) is 17.8. The molecule has 0 aromatic rings. The summed E-state index contributed by atoms with van der Waals surface area (Å²) in [5, 5.41) is 9.41. The summed E-state index contributed by atoms with van der Waals surface area (Å²) in [5.41, 5.74) is 0. The summed E-state index contributed by atoms with van der Waals surface area (Å²) in [7, 11) is 0. The van der Waals surface area contributed by atoms with E-state index in [0.29, 0.717) is 12.1 Å². The molecule has 3 aliphatic rings. The van der Waals surface area contributed by atoms with E-state index in [4.69, 9.17) is 0 Å². The van der Waals surface area contributed by atoms with Crippen LogP contribution in [0.15, 0.2) is 0 Å². The molecular formula is C20H34N2O3. The minimum Gasteiger partial charge on any atom is -0.480 e. The Balaban J connectivity index is 1.71. The minimum absolute atomic E-state index is 0.179. The lowest BCUT2D eigenvalue weighted by Gasteiger charge is -2.43. The second kappa shape index (κ2) is 8.52. The predicted molar refractivity (Wildman–Crippen MR) is 97.4 cm³/mol. The van der Waals surface area contributed by atoms with Gasteiger partial charge in [0.2, 0.25) is 5.91 Å². The van der Waals surface area contributed by atoms with E-state index in [1.165, 1.54) is 38.5 Å². The molecule has 0 bridgehead atoms. The van der Waals surface area contributed by atoms with Gasteiger partial charge in [-0.1, -0.05) is 38.5 Å². The van der Waals surface area contributed by atoms with Crippen LogP contribution in [0.1, 0.15) is 84.0 Å². The first-order chi connectivity index (χ1) is 12.1. The molecule has 25 heavy (non-hydrogen) atoms.